The standard InChI is InChI=1S/C13H22/c1-6-8-9-10-11-12(7-2)13(3,4)5/h7-11H,6H2,1-5H3/b9-8-,11-10-,12-7+. The van der Waals surface area contributed by atoms with E-state index in [4.69, 9.17) is 0 Å². The second-order valence-corrected chi connectivity index (χ2v) is 4.19. The molecule has 0 unspecified atom stereocenters. The molecule has 0 N–H and O–H groups in total. The smallest absolute Gasteiger partial charge is 0.0135 e. The molecule has 0 spiro atoms. The molecule has 0 radical (unpaired) electrons. The number of rotatable bonds is 3. The Morgan fingerprint density at radius 1 is 1.15 bits per heavy atom. The molecule has 0 nitrogen and oxygen atoms in total. The van der Waals surface area contributed by atoms with Gasteiger partial charge in [-0.2, -0.15) is 0 Å². The average Bonchev–Trinajstić information content (AvgIpc) is 2.02. The van der Waals surface area contributed by atoms with Gasteiger partial charge in [0.25, 0.3) is 0 Å². The molecular weight excluding hydrogens is 156 g/mol. The Morgan fingerprint density at radius 2 is 1.77 bits per heavy atom. The van der Waals surface area contributed by atoms with Crippen molar-refractivity contribution < 1.29 is 0 Å². The summed E-state index contributed by atoms with van der Waals surface area (Å²) in [5.41, 5.74) is 1.64. The van der Waals surface area contributed by atoms with Crippen LogP contribution in [0.4, 0.5) is 0 Å². The lowest BCUT2D eigenvalue weighted by Gasteiger charge is -2.19. The first-order valence-corrected chi connectivity index (χ1v) is 5.02. The van der Waals surface area contributed by atoms with Crippen molar-refractivity contribution in [1.29, 1.82) is 0 Å². The van der Waals surface area contributed by atoms with Gasteiger partial charge in [0.1, 0.15) is 0 Å². The Balaban J connectivity index is 4.32. The van der Waals surface area contributed by atoms with E-state index in [1.807, 2.05) is 0 Å². The van der Waals surface area contributed by atoms with Gasteiger partial charge in [0.2, 0.25) is 0 Å². The summed E-state index contributed by atoms with van der Waals surface area (Å²) in [6, 6.07) is 0. The fourth-order valence-corrected chi connectivity index (χ4v) is 1.15. The number of hydrogen-bond acceptors (Lipinski definition) is 0. The maximum absolute atomic E-state index is 2.23. The van der Waals surface area contributed by atoms with E-state index in [2.05, 4.69) is 65.0 Å². The topological polar surface area (TPSA) is 0 Å². The molecule has 0 aliphatic heterocycles. The molecule has 0 aliphatic carbocycles. The van der Waals surface area contributed by atoms with E-state index in [1.165, 1.54) is 5.57 Å². The molecule has 0 saturated carbocycles. The van der Waals surface area contributed by atoms with Crippen LogP contribution in [0.2, 0.25) is 0 Å². The van der Waals surface area contributed by atoms with E-state index in [0.29, 0.717) is 0 Å². The Bertz CT molecular complexity index is 209. The summed E-state index contributed by atoms with van der Waals surface area (Å²) in [6.45, 7) is 10.9. The lowest BCUT2D eigenvalue weighted by atomic mass is 9.86. The molecule has 0 heteroatoms. The van der Waals surface area contributed by atoms with Crippen LogP contribution in [0.3, 0.4) is 0 Å². The minimum absolute atomic E-state index is 0.255. The summed E-state index contributed by atoms with van der Waals surface area (Å²) >= 11 is 0. The monoisotopic (exact) mass is 178 g/mol. The summed E-state index contributed by atoms with van der Waals surface area (Å²) in [6.07, 6.45) is 11.8. The lowest BCUT2D eigenvalue weighted by molar-refractivity contribution is 0.516. The Morgan fingerprint density at radius 3 is 2.15 bits per heavy atom. The number of allylic oxidation sites excluding steroid dienone is 6. The average molecular weight is 178 g/mol. The second-order valence-electron chi connectivity index (χ2n) is 4.19. The van der Waals surface area contributed by atoms with Crippen LogP contribution in [0.5, 0.6) is 0 Å². The highest BCUT2D eigenvalue weighted by Crippen LogP contribution is 2.25. The van der Waals surface area contributed by atoms with Crippen LogP contribution in [-0.2, 0) is 0 Å². The van der Waals surface area contributed by atoms with Gasteiger partial charge in [0, 0.05) is 0 Å². The van der Waals surface area contributed by atoms with Crippen LogP contribution >= 0.6 is 0 Å². The van der Waals surface area contributed by atoms with Crippen molar-refractivity contribution in [2.75, 3.05) is 0 Å². The van der Waals surface area contributed by atoms with Crippen molar-refractivity contribution in [3.63, 3.8) is 0 Å². The Kier molecular flexibility index (Phi) is 5.45. The summed E-state index contributed by atoms with van der Waals surface area (Å²) in [4.78, 5) is 0. The van der Waals surface area contributed by atoms with Gasteiger partial charge in [-0.05, 0) is 24.3 Å². The molecule has 0 saturated heterocycles. The van der Waals surface area contributed by atoms with Gasteiger partial charge in [0.15, 0.2) is 0 Å². The molecule has 0 amide bonds. The molecule has 0 rings (SSSR count). The molecule has 13 heavy (non-hydrogen) atoms. The molecule has 0 atom stereocenters. The van der Waals surface area contributed by atoms with Crippen molar-refractivity contribution >= 4 is 0 Å². The zero-order valence-electron chi connectivity index (χ0n) is 9.59. The van der Waals surface area contributed by atoms with Gasteiger partial charge in [-0.1, -0.05) is 58.1 Å². The molecule has 0 heterocycles. The molecule has 0 aromatic heterocycles. The second kappa shape index (κ2) is 5.80. The summed E-state index contributed by atoms with van der Waals surface area (Å²) in [5.74, 6) is 0. The predicted molar refractivity (Wildman–Crippen MR) is 61.8 cm³/mol. The van der Waals surface area contributed by atoms with Gasteiger partial charge < -0.3 is 0 Å². The fraction of sp³-hybridized carbons (Fsp3) is 0.538. The molecule has 0 aromatic carbocycles. The van der Waals surface area contributed by atoms with Crippen molar-refractivity contribution in [1.82, 2.24) is 0 Å². The van der Waals surface area contributed by atoms with Crippen LogP contribution in [0.25, 0.3) is 0 Å². The van der Waals surface area contributed by atoms with E-state index < -0.39 is 0 Å². The summed E-state index contributed by atoms with van der Waals surface area (Å²) in [5, 5.41) is 0. The van der Waals surface area contributed by atoms with Crippen molar-refractivity contribution in [2.24, 2.45) is 5.41 Å². The minimum atomic E-state index is 0.255. The molecule has 0 fully saturated rings. The third-order valence-electron chi connectivity index (χ3n) is 1.94. The summed E-state index contributed by atoms with van der Waals surface area (Å²) in [7, 11) is 0. The van der Waals surface area contributed by atoms with E-state index in [1.54, 1.807) is 0 Å². The van der Waals surface area contributed by atoms with Crippen LogP contribution in [0.1, 0.15) is 41.0 Å². The van der Waals surface area contributed by atoms with Crippen LogP contribution in [0, 0.1) is 5.41 Å². The first-order chi connectivity index (χ1) is 6.02. The van der Waals surface area contributed by atoms with E-state index >= 15 is 0 Å². The zero-order valence-corrected chi connectivity index (χ0v) is 9.59. The summed E-state index contributed by atoms with van der Waals surface area (Å²) < 4.78 is 0. The lowest BCUT2D eigenvalue weighted by Crippen LogP contribution is -2.06. The van der Waals surface area contributed by atoms with Crippen molar-refractivity contribution in [3.05, 3.63) is 36.0 Å². The Hall–Kier alpha value is -0.780. The first kappa shape index (κ1) is 12.2. The predicted octanol–water partition coefficient (Wildman–Crippen LogP) is 4.50. The van der Waals surface area contributed by atoms with E-state index in [9.17, 15) is 0 Å². The van der Waals surface area contributed by atoms with Crippen LogP contribution in [0.15, 0.2) is 36.0 Å². The molecule has 74 valence electrons. The van der Waals surface area contributed by atoms with Crippen molar-refractivity contribution in [2.45, 2.75) is 41.0 Å². The van der Waals surface area contributed by atoms with E-state index in [-0.39, 0.29) is 5.41 Å². The van der Waals surface area contributed by atoms with Gasteiger partial charge in [-0.15, -0.1) is 0 Å². The van der Waals surface area contributed by atoms with Gasteiger partial charge in [0.05, 0.1) is 0 Å². The first-order valence-electron chi connectivity index (χ1n) is 5.02. The minimum Gasteiger partial charge on any atom is -0.0848 e. The molecule has 0 aromatic rings. The molecule has 0 aliphatic rings. The maximum atomic E-state index is 2.23. The highest BCUT2D eigenvalue weighted by Gasteiger charge is 2.12. The van der Waals surface area contributed by atoms with Crippen LogP contribution in [-0.4, -0.2) is 0 Å². The van der Waals surface area contributed by atoms with Crippen molar-refractivity contribution in [3.8, 4) is 0 Å². The normalized spacial score (nSPS) is 14.7. The zero-order chi connectivity index (χ0) is 10.3. The quantitative estimate of drug-likeness (QED) is 0.558. The third-order valence-corrected chi connectivity index (χ3v) is 1.94. The maximum Gasteiger partial charge on any atom is -0.0135 e. The highest BCUT2D eigenvalue weighted by molar-refractivity contribution is 5.26. The molecule has 0 bridgehead atoms. The Labute approximate surface area is 83.0 Å². The van der Waals surface area contributed by atoms with Crippen LogP contribution < -0.4 is 0 Å². The SMILES string of the molecule is C\C=C(/C=C\C=C/CC)C(C)(C)C. The highest BCUT2D eigenvalue weighted by atomic mass is 14.2. The largest absolute Gasteiger partial charge is 0.0848 e. The number of hydrogen-bond donors (Lipinski definition) is 0. The van der Waals surface area contributed by atoms with Gasteiger partial charge >= 0.3 is 0 Å². The third kappa shape index (κ3) is 5.46. The van der Waals surface area contributed by atoms with E-state index in [0.717, 1.165) is 6.42 Å². The fourth-order valence-electron chi connectivity index (χ4n) is 1.15. The van der Waals surface area contributed by atoms with Gasteiger partial charge in [-0.3, -0.25) is 0 Å². The molecular formula is C13H22. The van der Waals surface area contributed by atoms with Gasteiger partial charge in [-0.25, -0.2) is 0 Å².